The third-order valence-electron chi connectivity index (χ3n) is 7.56. The summed E-state index contributed by atoms with van der Waals surface area (Å²) in [6, 6.07) is 9.11. The van der Waals surface area contributed by atoms with E-state index in [-0.39, 0.29) is 44.5 Å². The van der Waals surface area contributed by atoms with Crippen molar-refractivity contribution in [3.05, 3.63) is 53.3 Å². The molecule has 2 aromatic rings. The minimum Gasteiger partial charge on any atom is -0.494 e. The van der Waals surface area contributed by atoms with Crippen LogP contribution < -0.4 is 14.2 Å². The predicted octanol–water partition coefficient (Wildman–Crippen LogP) is 3.48. The van der Waals surface area contributed by atoms with Crippen LogP contribution in [0.5, 0.6) is 17.2 Å². The summed E-state index contributed by atoms with van der Waals surface area (Å²) < 4.78 is 63.6. The lowest BCUT2D eigenvalue weighted by Crippen LogP contribution is -2.41. The quantitative estimate of drug-likeness (QED) is 0.359. The molecule has 220 valence electrons. The fourth-order valence-corrected chi connectivity index (χ4v) is 7.11. The number of aliphatic carboxylic acids is 1. The molecule has 2 aliphatic heterocycles. The largest absolute Gasteiger partial charge is 0.494 e. The molecular formula is C28H37FN2O8S. The van der Waals surface area contributed by atoms with Crippen molar-refractivity contribution in [1.29, 1.82) is 0 Å². The van der Waals surface area contributed by atoms with Crippen LogP contribution in [0.2, 0.25) is 0 Å². The lowest BCUT2D eigenvalue weighted by molar-refractivity contribution is -0.143. The van der Waals surface area contributed by atoms with Gasteiger partial charge in [0.15, 0.2) is 23.1 Å². The third kappa shape index (κ3) is 6.51. The number of halogens is 1. The Morgan fingerprint density at radius 1 is 1.12 bits per heavy atom. The minimum absolute atomic E-state index is 0.0257. The zero-order chi connectivity index (χ0) is 28.9. The SMILES string of the molecule is CCCCS(=O)(=O)N(CCOC)CCN1C[C@H](c2ccc3c(c2)OCO3)[C@@H](C(=O)O)[C@@H]1c1ccc(OC)c(F)c1. The lowest BCUT2D eigenvalue weighted by atomic mass is 9.82. The molecule has 10 nitrogen and oxygen atoms in total. The van der Waals surface area contributed by atoms with E-state index in [4.69, 9.17) is 18.9 Å². The Bertz CT molecular complexity index is 1290. The standard InChI is InChI=1S/C28H37FN2O8S/c1-4-5-14-40(34,35)31(12-13-36-2)11-10-30-17-21(19-6-9-24-25(16-19)39-18-38-24)26(28(32)33)27(30)20-7-8-23(37-3)22(29)15-20/h6-9,15-16,21,26-27H,4-5,10-14,17-18H2,1-3H3,(H,32,33)/t21-,26-,27+/m1/s1. The molecule has 1 fully saturated rings. The van der Waals surface area contributed by atoms with Gasteiger partial charge in [-0.05, 0) is 41.8 Å². The van der Waals surface area contributed by atoms with E-state index in [0.29, 0.717) is 30.0 Å². The maximum atomic E-state index is 14.8. The number of hydrogen-bond donors (Lipinski definition) is 1. The van der Waals surface area contributed by atoms with Crippen molar-refractivity contribution >= 4 is 16.0 Å². The van der Waals surface area contributed by atoms with Crippen LogP contribution in [0.3, 0.4) is 0 Å². The van der Waals surface area contributed by atoms with E-state index >= 15 is 0 Å². The number of likely N-dealkylation sites (tertiary alicyclic amines) is 1. The Labute approximate surface area is 234 Å². The molecular weight excluding hydrogens is 543 g/mol. The highest BCUT2D eigenvalue weighted by molar-refractivity contribution is 7.89. The Hall–Kier alpha value is -2.93. The monoisotopic (exact) mass is 580 g/mol. The van der Waals surface area contributed by atoms with Crippen LogP contribution in [0.1, 0.15) is 42.9 Å². The number of carbonyl (C=O) groups is 1. The average Bonchev–Trinajstić information content (AvgIpc) is 3.56. The van der Waals surface area contributed by atoms with E-state index in [0.717, 1.165) is 12.0 Å². The molecule has 1 saturated heterocycles. The maximum absolute atomic E-state index is 14.8. The van der Waals surface area contributed by atoms with Gasteiger partial charge >= 0.3 is 5.97 Å². The van der Waals surface area contributed by atoms with Gasteiger partial charge < -0.3 is 24.1 Å². The summed E-state index contributed by atoms with van der Waals surface area (Å²) in [6.45, 7) is 3.16. The summed E-state index contributed by atoms with van der Waals surface area (Å²) in [5, 5.41) is 10.5. The molecule has 0 spiro atoms. The molecule has 0 aromatic heterocycles. The Morgan fingerprint density at radius 2 is 1.88 bits per heavy atom. The second-order valence-electron chi connectivity index (χ2n) is 9.98. The smallest absolute Gasteiger partial charge is 0.309 e. The molecule has 40 heavy (non-hydrogen) atoms. The van der Waals surface area contributed by atoms with Crippen LogP contribution in [-0.2, 0) is 19.6 Å². The maximum Gasteiger partial charge on any atom is 0.309 e. The second kappa shape index (κ2) is 13.2. The Balaban J connectivity index is 1.69. The highest BCUT2D eigenvalue weighted by Crippen LogP contribution is 2.48. The molecule has 2 heterocycles. The van der Waals surface area contributed by atoms with Gasteiger partial charge in [0.2, 0.25) is 16.8 Å². The minimum atomic E-state index is -3.55. The molecule has 0 aliphatic carbocycles. The van der Waals surface area contributed by atoms with E-state index in [1.54, 1.807) is 18.2 Å². The zero-order valence-corrected chi connectivity index (χ0v) is 23.9. The van der Waals surface area contributed by atoms with Crippen molar-refractivity contribution < 1.29 is 41.7 Å². The first-order chi connectivity index (χ1) is 19.2. The summed E-state index contributed by atoms with van der Waals surface area (Å²) in [5.74, 6) is -1.82. The second-order valence-corrected chi connectivity index (χ2v) is 12.1. The molecule has 2 aliphatic rings. The number of benzene rings is 2. The third-order valence-corrected chi connectivity index (χ3v) is 9.51. The Kier molecular flexibility index (Phi) is 9.88. The van der Waals surface area contributed by atoms with Gasteiger partial charge in [0.25, 0.3) is 0 Å². The number of carboxylic acids is 1. The number of rotatable bonds is 14. The first kappa shape index (κ1) is 30.0. The van der Waals surface area contributed by atoms with E-state index in [9.17, 15) is 22.7 Å². The number of ether oxygens (including phenoxy) is 4. The summed E-state index contributed by atoms with van der Waals surface area (Å²) in [5.41, 5.74) is 1.23. The normalized spacial score (nSPS) is 20.8. The number of carboxylic acid groups (broad SMARTS) is 1. The summed E-state index contributed by atoms with van der Waals surface area (Å²) in [6.07, 6.45) is 1.28. The first-order valence-corrected chi connectivity index (χ1v) is 15.0. The fourth-order valence-electron chi connectivity index (χ4n) is 5.48. The van der Waals surface area contributed by atoms with Crippen molar-refractivity contribution in [3.63, 3.8) is 0 Å². The van der Waals surface area contributed by atoms with Crippen molar-refractivity contribution in [3.8, 4) is 17.2 Å². The zero-order valence-electron chi connectivity index (χ0n) is 23.0. The first-order valence-electron chi connectivity index (χ1n) is 13.4. The van der Waals surface area contributed by atoms with Gasteiger partial charge in [-0.1, -0.05) is 25.5 Å². The average molecular weight is 581 g/mol. The summed E-state index contributed by atoms with van der Waals surface area (Å²) in [4.78, 5) is 14.7. The molecule has 3 atom stereocenters. The van der Waals surface area contributed by atoms with Gasteiger partial charge in [-0.2, -0.15) is 4.31 Å². The number of methoxy groups -OCH3 is 2. The molecule has 4 rings (SSSR count). The molecule has 0 radical (unpaired) electrons. The number of sulfonamides is 1. The molecule has 0 saturated carbocycles. The molecule has 0 unspecified atom stereocenters. The number of unbranched alkanes of at least 4 members (excludes halogenated alkanes) is 1. The molecule has 0 bridgehead atoms. The van der Waals surface area contributed by atoms with Gasteiger partial charge in [0.1, 0.15) is 0 Å². The van der Waals surface area contributed by atoms with Gasteiger partial charge in [0.05, 0.1) is 25.4 Å². The van der Waals surface area contributed by atoms with Crippen LogP contribution in [0.15, 0.2) is 36.4 Å². The van der Waals surface area contributed by atoms with Crippen molar-refractivity contribution in [2.45, 2.75) is 31.7 Å². The van der Waals surface area contributed by atoms with Crippen LogP contribution in [0, 0.1) is 11.7 Å². The van der Waals surface area contributed by atoms with Crippen LogP contribution in [0.4, 0.5) is 4.39 Å². The van der Waals surface area contributed by atoms with Crippen molar-refractivity contribution in [1.82, 2.24) is 9.21 Å². The number of fused-ring (bicyclic) bond motifs is 1. The number of hydrogen-bond acceptors (Lipinski definition) is 8. The van der Waals surface area contributed by atoms with Crippen molar-refractivity contribution in [2.24, 2.45) is 5.92 Å². The van der Waals surface area contributed by atoms with Crippen LogP contribution in [-0.4, -0.2) is 88.3 Å². The Morgan fingerprint density at radius 3 is 2.55 bits per heavy atom. The highest BCUT2D eigenvalue weighted by Gasteiger charge is 2.48. The fraction of sp³-hybridized carbons (Fsp3) is 0.536. The van der Waals surface area contributed by atoms with Crippen LogP contribution in [0.25, 0.3) is 0 Å². The van der Waals surface area contributed by atoms with E-state index in [1.165, 1.54) is 30.7 Å². The van der Waals surface area contributed by atoms with E-state index < -0.39 is 39.7 Å². The highest BCUT2D eigenvalue weighted by atomic mass is 32.2. The molecule has 1 N–H and O–H groups in total. The van der Waals surface area contributed by atoms with E-state index in [1.807, 2.05) is 17.9 Å². The van der Waals surface area contributed by atoms with Gasteiger partial charge in [0, 0.05) is 45.2 Å². The van der Waals surface area contributed by atoms with Gasteiger partial charge in [-0.3, -0.25) is 9.69 Å². The summed E-state index contributed by atoms with van der Waals surface area (Å²) in [7, 11) is -0.668. The molecule has 12 heteroatoms. The molecule has 2 aromatic carbocycles. The lowest BCUT2D eigenvalue weighted by Gasteiger charge is -2.30. The van der Waals surface area contributed by atoms with E-state index in [2.05, 4.69) is 0 Å². The predicted molar refractivity (Wildman–Crippen MR) is 146 cm³/mol. The summed E-state index contributed by atoms with van der Waals surface area (Å²) >= 11 is 0. The topological polar surface area (TPSA) is 115 Å². The van der Waals surface area contributed by atoms with Gasteiger partial charge in [-0.25, -0.2) is 12.8 Å². The van der Waals surface area contributed by atoms with Gasteiger partial charge in [-0.15, -0.1) is 0 Å². The van der Waals surface area contributed by atoms with Crippen LogP contribution >= 0.6 is 0 Å². The molecule has 0 amide bonds. The van der Waals surface area contributed by atoms with Crippen molar-refractivity contribution in [2.75, 3.05) is 59.6 Å². The number of nitrogens with zero attached hydrogens (tertiary/aromatic N) is 2.